The maximum absolute atomic E-state index is 8.95. The Morgan fingerprint density at radius 2 is 1.74 bits per heavy atom. The summed E-state index contributed by atoms with van der Waals surface area (Å²) in [5.74, 6) is 1.49. The normalized spacial score (nSPS) is 14.0. The zero-order chi connectivity index (χ0) is 14.4. The molecule has 19 heavy (non-hydrogen) atoms. The van der Waals surface area contributed by atoms with Crippen molar-refractivity contribution in [3.63, 3.8) is 0 Å². The number of benzene rings is 1. The van der Waals surface area contributed by atoms with Gasteiger partial charge in [0.25, 0.3) is 0 Å². The standard InChI is InChI=1S/C15H25NO3/c1-10-8-14(18-4)15(19-5)9-13(10)12(3)16-11(2)6-7-17/h8-9,11-12,16-17H,6-7H2,1-5H3. The molecular weight excluding hydrogens is 242 g/mol. The minimum absolute atomic E-state index is 0.196. The van der Waals surface area contributed by atoms with Gasteiger partial charge in [0.15, 0.2) is 11.5 Å². The highest BCUT2D eigenvalue weighted by Gasteiger charge is 2.15. The second-order valence-corrected chi connectivity index (χ2v) is 4.87. The first-order valence-corrected chi connectivity index (χ1v) is 6.62. The fourth-order valence-corrected chi connectivity index (χ4v) is 2.26. The molecule has 0 spiro atoms. The van der Waals surface area contributed by atoms with E-state index in [2.05, 4.69) is 26.1 Å². The van der Waals surface area contributed by atoms with E-state index in [9.17, 15) is 0 Å². The molecule has 0 heterocycles. The molecule has 0 aliphatic heterocycles. The van der Waals surface area contributed by atoms with Gasteiger partial charge in [0.05, 0.1) is 14.2 Å². The quantitative estimate of drug-likeness (QED) is 0.796. The highest BCUT2D eigenvalue weighted by Crippen LogP contribution is 2.32. The van der Waals surface area contributed by atoms with Crippen LogP contribution in [0.5, 0.6) is 11.5 Å². The van der Waals surface area contributed by atoms with E-state index < -0.39 is 0 Å². The first-order valence-electron chi connectivity index (χ1n) is 6.62. The number of rotatable bonds is 7. The lowest BCUT2D eigenvalue weighted by molar-refractivity contribution is 0.264. The molecule has 0 fully saturated rings. The number of ether oxygens (including phenoxy) is 2. The van der Waals surface area contributed by atoms with Gasteiger partial charge in [-0.2, -0.15) is 0 Å². The van der Waals surface area contributed by atoms with Gasteiger partial charge in [-0.05, 0) is 50.5 Å². The van der Waals surface area contributed by atoms with E-state index in [0.29, 0.717) is 0 Å². The Morgan fingerprint density at radius 1 is 1.16 bits per heavy atom. The van der Waals surface area contributed by atoms with Crippen molar-refractivity contribution >= 4 is 0 Å². The molecule has 0 saturated heterocycles. The van der Waals surface area contributed by atoms with Crippen molar-refractivity contribution in [2.75, 3.05) is 20.8 Å². The average molecular weight is 267 g/mol. The van der Waals surface area contributed by atoms with Crippen molar-refractivity contribution in [1.82, 2.24) is 5.32 Å². The summed E-state index contributed by atoms with van der Waals surface area (Å²) in [7, 11) is 3.28. The smallest absolute Gasteiger partial charge is 0.161 e. The third-order valence-electron chi connectivity index (χ3n) is 3.34. The second kappa shape index (κ2) is 7.36. The van der Waals surface area contributed by atoms with E-state index in [1.807, 2.05) is 12.1 Å². The van der Waals surface area contributed by atoms with Gasteiger partial charge >= 0.3 is 0 Å². The van der Waals surface area contributed by atoms with Gasteiger partial charge in [0, 0.05) is 18.7 Å². The number of hydrogen-bond acceptors (Lipinski definition) is 4. The van der Waals surface area contributed by atoms with Crippen molar-refractivity contribution in [3.05, 3.63) is 23.3 Å². The third kappa shape index (κ3) is 4.11. The van der Waals surface area contributed by atoms with E-state index in [1.54, 1.807) is 14.2 Å². The molecule has 108 valence electrons. The van der Waals surface area contributed by atoms with Crippen molar-refractivity contribution in [2.45, 2.75) is 39.3 Å². The second-order valence-electron chi connectivity index (χ2n) is 4.87. The van der Waals surface area contributed by atoms with Crippen LogP contribution in [0.25, 0.3) is 0 Å². The summed E-state index contributed by atoms with van der Waals surface area (Å²) >= 11 is 0. The van der Waals surface area contributed by atoms with Crippen molar-refractivity contribution in [2.24, 2.45) is 0 Å². The Balaban J connectivity index is 2.93. The predicted octanol–water partition coefficient (Wildman–Crippen LogP) is 2.43. The van der Waals surface area contributed by atoms with E-state index in [0.717, 1.165) is 23.5 Å². The number of aliphatic hydroxyl groups excluding tert-OH is 1. The molecule has 0 radical (unpaired) electrons. The Bertz CT molecular complexity index is 407. The molecule has 4 heteroatoms. The van der Waals surface area contributed by atoms with Crippen LogP contribution in [0, 0.1) is 6.92 Å². The lowest BCUT2D eigenvalue weighted by atomic mass is 10.0. The van der Waals surface area contributed by atoms with Crippen LogP contribution in [0.15, 0.2) is 12.1 Å². The van der Waals surface area contributed by atoms with E-state index in [1.165, 1.54) is 5.56 Å². The largest absolute Gasteiger partial charge is 0.493 e. The number of aryl methyl sites for hydroxylation is 1. The number of nitrogens with one attached hydrogen (secondary N) is 1. The third-order valence-corrected chi connectivity index (χ3v) is 3.34. The van der Waals surface area contributed by atoms with Gasteiger partial charge in [-0.1, -0.05) is 0 Å². The van der Waals surface area contributed by atoms with Crippen molar-refractivity contribution in [1.29, 1.82) is 0 Å². The van der Waals surface area contributed by atoms with Gasteiger partial charge < -0.3 is 19.9 Å². The highest BCUT2D eigenvalue weighted by atomic mass is 16.5. The summed E-state index contributed by atoms with van der Waals surface area (Å²) < 4.78 is 10.6. The van der Waals surface area contributed by atoms with Gasteiger partial charge in [-0.3, -0.25) is 0 Å². The first kappa shape index (κ1) is 15.8. The summed E-state index contributed by atoms with van der Waals surface area (Å²) in [6.45, 7) is 6.45. The van der Waals surface area contributed by atoms with Crippen LogP contribution in [-0.2, 0) is 0 Å². The van der Waals surface area contributed by atoms with Crippen LogP contribution in [0.3, 0.4) is 0 Å². The van der Waals surface area contributed by atoms with Crippen molar-refractivity contribution < 1.29 is 14.6 Å². The summed E-state index contributed by atoms with van der Waals surface area (Å²) in [5.41, 5.74) is 2.34. The summed E-state index contributed by atoms with van der Waals surface area (Å²) in [6, 6.07) is 4.47. The molecule has 0 aliphatic carbocycles. The van der Waals surface area contributed by atoms with Crippen LogP contribution in [-0.4, -0.2) is 32.0 Å². The van der Waals surface area contributed by atoms with Gasteiger partial charge in [-0.25, -0.2) is 0 Å². The minimum Gasteiger partial charge on any atom is -0.493 e. The van der Waals surface area contributed by atoms with E-state index in [-0.39, 0.29) is 18.7 Å². The molecule has 0 saturated carbocycles. The predicted molar refractivity (Wildman–Crippen MR) is 77.0 cm³/mol. The first-order chi connectivity index (χ1) is 9.03. The monoisotopic (exact) mass is 267 g/mol. The van der Waals surface area contributed by atoms with Crippen LogP contribution < -0.4 is 14.8 Å². The van der Waals surface area contributed by atoms with Crippen LogP contribution in [0.4, 0.5) is 0 Å². The molecule has 4 nitrogen and oxygen atoms in total. The lowest BCUT2D eigenvalue weighted by Gasteiger charge is -2.22. The van der Waals surface area contributed by atoms with Gasteiger partial charge in [0.1, 0.15) is 0 Å². The van der Waals surface area contributed by atoms with Crippen molar-refractivity contribution in [3.8, 4) is 11.5 Å². The topological polar surface area (TPSA) is 50.7 Å². The van der Waals surface area contributed by atoms with Crippen LogP contribution in [0.2, 0.25) is 0 Å². The fraction of sp³-hybridized carbons (Fsp3) is 0.600. The highest BCUT2D eigenvalue weighted by molar-refractivity contribution is 5.47. The summed E-state index contributed by atoms with van der Waals surface area (Å²) in [4.78, 5) is 0. The van der Waals surface area contributed by atoms with E-state index in [4.69, 9.17) is 14.6 Å². The average Bonchev–Trinajstić information content (AvgIpc) is 2.38. The van der Waals surface area contributed by atoms with Crippen LogP contribution in [0.1, 0.15) is 37.4 Å². The Labute approximate surface area is 115 Å². The maximum atomic E-state index is 8.95. The molecule has 0 amide bonds. The fourth-order valence-electron chi connectivity index (χ4n) is 2.26. The molecule has 2 unspecified atom stereocenters. The molecule has 0 aliphatic rings. The molecule has 1 aromatic rings. The summed E-state index contributed by atoms with van der Waals surface area (Å²) in [6.07, 6.45) is 0.747. The molecule has 2 N–H and O–H groups in total. The Kier molecular flexibility index (Phi) is 6.12. The Hall–Kier alpha value is -1.26. The minimum atomic E-state index is 0.196. The maximum Gasteiger partial charge on any atom is 0.161 e. The molecule has 2 atom stereocenters. The SMILES string of the molecule is COc1cc(C)c(C(C)NC(C)CCO)cc1OC. The molecule has 1 rings (SSSR count). The molecule has 1 aromatic carbocycles. The number of methoxy groups -OCH3 is 2. The van der Waals surface area contributed by atoms with Gasteiger partial charge in [0.2, 0.25) is 0 Å². The Morgan fingerprint density at radius 3 is 2.26 bits per heavy atom. The molecular formula is C15H25NO3. The zero-order valence-electron chi connectivity index (χ0n) is 12.5. The number of hydrogen-bond donors (Lipinski definition) is 2. The lowest BCUT2D eigenvalue weighted by Crippen LogP contribution is -2.30. The van der Waals surface area contributed by atoms with Crippen LogP contribution >= 0.6 is 0 Å². The molecule has 0 bridgehead atoms. The summed E-state index contributed by atoms with van der Waals surface area (Å²) in [5, 5.41) is 12.4. The number of aliphatic hydroxyl groups is 1. The van der Waals surface area contributed by atoms with Gasteiger partial charge in [-0.15, -0.1) is 0 Å². The van der Waals surface area contributed by atoms with E-state index >= 15 is 0 Å². The molecule has 0 aromatic heterocycles. The zero-order valence-corrected chi connectivity index (χ0v) is 12.5.